The maximum absolute atomic E-state index is 11.9. The van der Waals surface area contributed by atoms with E-state index < -0.39 is 17.4 Å². The number of furan rings is 1. The zero-order chi connectivity index (χ0) is 17.7. The third-order valence-corrected chi connectivity index (χ3v) is 3.44. The second-order valence-corrected chi connectivity index (χ2v) is 5.63. The van der Waals surface area contributed by atoms with Crippen molar-refractivity contribution < 1.29 is 19.1 Å². The molecular weight excluding hydrogens is 334 g/mol. The lowest BCUT2D eigenvalue weighted by molar-refractivity contribution is -0.136. The number of benzene rings is 1. The van der Waals surface area contributed by atoms with Crippen molar-refractivity contribution in [3.63, 3.8) is 0 Å². The van der Waals surface area contributed by atoms with Crippen molar-refractivity contribution in [2.45, 2.75) is 12.5 Å². The number of nitriles is 1. The Hall–Kier alpha value is -2.82. The molecule has 2 rings (SSSR count). The van der Waals surface area contributed by atoms with Gasteiger partial charge in [-0.05, 0) is 37.3 Å². The van der Waals surface area contributed by atoms with Gasteiger partial charge in [-0.3, -0.25) is 9.59 Å². The van der Waals surface area contributed by atoms with Crippen LogP contribution in [0.5, 0.6) is 0 Å². The highest BCUT2D eigenvalue weighted by Gasteiger charge is 2.28. The van der Waals surface area contributed by atoms with E-state index >= 15 is 0 Å². The molecule has 0 aliphatic rings. The van der Waals surface area contributed by atoms with Crippen LogP contribution in [0.4, 0.5) is 5.69 Å². The molecule has 1 heterocycles. The van der Waals surface area contributed by atoms with E-state index in [1.165, 1.54) is 31.4 Å². The van der Waals surface area contributed by atoms with Crippen LogP contribution >= 0.6 is 11.6 Å². The maximum atomic E-state index is 11.9. The number of aliphatic hydroxyl groups is 1. The smallest absolute Gasteiger partial charge is 0.313 e. The summed E-state index contributed by atoms with van der Waals surface area (Å²) in [5, 5.41) is 24.1. The predicted octanol–water partition coefficient (Wildman–Crippen LogP) is 1.77. The van der Waals surface area contributed by atoms with Crippen LogP contribution in [0.2, 0.25) is 5.02 Å². The van der Waals surface area contributed by atoms with Gasteiger partial charge in [-0.2, -0.15) is 5.26 Å². The normalized spacial score (nSPS) is 12.8. The summed E-state index contributed by atoms with van der Waals surface area (Å²) in [6, 6.07) is 9.33. The van der Waals surface area contributed by atoms with E-state index in [9.17, 15) is 14.7 Å². The van der Waals surface area contributed by atoms with E-state index in [-0.39, 0.29) is 23.6 Å². The highest BCUT2D eigenvalue weighted by atomic mass is 35.5. The summed E-state index contributed by atoms with van der Waals surface area (Å²) in [5.74, 6) is -1.69. The molecule has 1 atom stereocenters. The first-order chi connectivity index (χ1) is 11.3. The minimum absolute atomic E-state index is 0.128. The Labute approximate surface area is 142 Å². The van der Waals surface area contributed by atoms with E-state index in [4.69, 9.17) is 21.3 Å². The Balaban J connectivity index is 2.00. The average Bonchev–Trinajstić information content (AvgIpc) is 3.08. The highest BCUT2D eigenvalue weighted by Crippen LogP contribution is 2.21. The first-order valence-corrected chi connectivity index (χ1v) is 7.26. The lowest BCUT2D eigenvalue weighted by Crippen LogP contribution is -2.43. The van der Waals surface area contributed by atoms with Crippen LogP contribution < -0.4 is 10.6 Å². The van der Waals surface area contributed by atoms with Gasteiger partial charge in [-0.1, -0.05) is 11.6 Å². The van der Waals surface area contributed by atoms with Crippen molar-refractivity contribution >= 4 is 29.1 Å². The van der Waals surface area contributed by atoms with Crippen molar-refractivity contribution in [1.82, 2.24) is 5.32 Å². The molecule has 0 saturated carbocycles. The largest absolute Gasteiger partial charge is 0.466 e. The van der Waals surface area contributed by atoms with Crippen molar-refractivity contribution in [3.8, 4) is 6.07 Å². The number of halogens is 1. The minimum Gasteiger partial charge on any atom is -0.466 e. The lowest BCUT2D eigenvalue weighted by Gasteiger charge is -2.20. The molecule has 8 heteroatoms. The minimum atomic E-state index is -1.46. The van der Waals surface area contributed by atoms with E-state index in [1.807, 2.05) is 6.07 Å². The van der Waals surface area contributed by atoms with Gasteiger partial charge >= 0.3 is 11.8 Å². The zero-order valence-corrected chi connectivity index (χ0v) is 13.4. The van der Waals surface area contributed by atoms with Crippen LogP contribution in [0.25, 0.3) is 0 Å². The van der Waals surface area contributed by atoms with Crippen molar-refractivity contribution in [2.75, 3.05) is 11.9 Å². The Kier molecular flexibility index (Phi) is 5.24. The van der Waals surface area contributed by atoms with Gasteiger partial charge in [0.05, 0.1) is 24.1 Å². The number of nitrogens with zero attached hydrogens (tertiary/aromatic N) is 1. The number of hydrogen-bond acceptors (Lipinski definition) is 5. The van der Waals surface area contributed by atoms with E-state index in [0.717, 1.165) is 0 Å². The molecule has 0 spiro atoms. The van der Waals surface area contributed by atoms with Crippen LogP contribution in [0.1, 0.15) is 18.2 Å². The van der Waals surface area contributed by atoms with Crippen LogP contribution in [0, 0.1) is 11.3 Å². The Bertz CT molecular complexity index is 794. The lowest BCUT2D eigenvalue weighted by atomic mass is 10.0. The van der Waals surface area contributed by atoms with E-state index in [0.29, 0.717) is 5.02 Å². The topological polar surface area (TPSA) is 115 Å². The molecule has 1 aromatic heterocycles. The number of rotatable bonds is 4. The van der Waals surface area contributed by atoms with Gasteiger partial charge in [0.25, 0.3) is 0 Å². The quantitative estimate of drug-likeness (QED) is 0.729. The molecule has 24 heavy (non-hydrogen) atoms. The van der Waals surface area contributed by atoms with E-state index in [2.05, 4.69) is 10.6 Å². The van der Waals surface area contributed by atoms with Gasteiger partial charge in [0.2, 0.25) is 0 Å². The molecule has 1 aromatic carbocycles. The third kappa shape index (κ3) is 4.13. The number of carbonyl (C=O) groups excluding carboxylic acids is 2. The summed E-state index contributed by atoms with van der Waals surface area (Å²) in [6.07, 6.45) is 1.39. The number of hydrogen-bond donors (Lipinski definition) is 3. The molecular formula is C16H14ClN3O4. The van der Waals surface area contributed by atoms with Crippen molar-refractivity contribution in [3.05, 3.63) is 52.9 Å². The maximum Gasteiger partial charge on any atom is 0.313 e. The standard InChI is InChI=1S/C16H14ClN3O4/c1-16(23,13-3-2-6-24-13)9-19-14(21)15(22)20-12-7-11(17)5-4-10(12)8-18/h2-7,23H,9H2,1H3,(H,19,21)(H,20,22)/t16-/m1/s1. The van der Waals surface area contributed by atoms with E-state index in [1.54, 1.807) is 12.1 Å². The second kappa shape index (κ2) is 7.17. The van der Waals surface area contributed by atoms with Gasteiger partial charge in [0.1, 0.15) is 17.4 Å². The molecule has 2 aromatic rings. The van der Waals surface area contributed by atoms with Gasteiger partial charge < -0.3 is 20.2 Å². The third-order valence-electron chi connectivity index (χ3n) is 3.20. The SMILES string of the molecule is C[C@@](O)(CNC(=O)C(=O)Nc1cc(Cl)ccc1C#N)c1ccco1. The van der Waals surface area contributed by atoms with Gasteiger partial charge in [0.15, 0.2) is 0 Å². The molecule has 0 fully saturated rings. The molecule has 0 radical (unpaired) electrons. The summed E-state index contributed by atoms with van der Waals surface area (Å²) in [7, 11) is 0. The fourth-order valence-electron chi connectivity index (χ4n) is 1.90. The first-order valence-electron chi connectivity index (χ1n) is 6.88. The molecule has 3 N–H and O–H groups in total. The predicted molar refractivity (Wildman–Crippen MR) is 86.1 cm³/mol. The molecule has 0 aliphatic heterocycles. The number of amides is 2. The molecule has 0 saturated heterocycles. The first kappa shape index (κ1) is 17.5. The molecule has 124 valence electrons. The van der Waals surface area contributed by atoms with Gasteiger partial charge in [0, 0.05) is 5.02 Å². The van der Waals surface area contributed by atoms with Crippen LogP contribution in [-0.2, 0) is 15.2 Å². The Morgan fingerprint density at radius 1 is 1.38 bits per heavy atom. The molecule has 0 aliphatic carbocycles. The highest BCUT2D eigenvalue weighted by molar-refractivity contribution is 6.40. The van der Waals surface area contributed by atoms with Gasteiger partial charge in [-0.15, -0.1) is 0 Å². The molecule has 0 bridgehead atoms. The fourth-order valence-corrected chi connectivity index (χ4v) is 2.07. The summed E-state index contributed by atoms with van der Waals surface area (Å²) >= 11 is 5.81. The van der Waals surface area contributed by atoms with Crippen LogP contribution in [0.3, 0.4) is 0 Å². The second-order valence-electron chi connectivity index (χ2n) is 5.19. The van der Waals surface area contributed by atoms with Crippen molar-refractivity contribution in [2.24, 2.45) is 0 Å². The van der Waals surface area contributed by atoms with Crippen LogP contribution in [0.15, 0.2) is 41.0 Å². The number of carbonyl (C=O) groups is 2. The Morgan fingerprint density at radius 3 is 2.75 bits per heavy atom. The number of anilines is 1. The molecule has 7 nitrogen and oxygen atoms in total. The fraction of sp³-hybridized carbons (Fsp3) is 0.188. The summed E-state index contributed by atoms with van der Waals surface area (Å²) in [5.41, 5.74) is -1.17. The van der Waals surface area contributed by atoms with Crippen LogP contribution in [-0.4, -0.2) is 23.5 Å². The Morgan fingerprint density at radius 2 is 2.12 bits per heavy atom. The number of nitrogens with one attached hydrogen (secondary N) is 2. The summed E-state index contributed by atoms with van der Waals surface area (Å²) in [4.78, 5) is 23.8. The van der Waals surface area contributed by atoms with Crippen molar-refractivity contribution in [1.29, 1.82) is 5.26 Å². The monoisotopic (exact) mass is 347 g/mol. The summed E-state index contributed by atoms with van der Waals surface area (Å²) in [6.45, 7) is 1.21. The summed E-state index contributed by atoms with van der Waals surface area (Å²) < 4.78 is 5.08. The average molecular weight is 348 g/mol. The molecule has 2 amide bonds. The zero-order valence-electron chi connectivity index (χ0n) is 12.7. The van der Waals surface area contributed by atoms with Gasteiger partial charge in [-0.25, -0.2) is 0 Å². The molecule has 0 unspecified atom stereocenters.